The monoisotopic (exact) mass is 368 g/mol. The molecule has 0 spiro atoms. The van der Waals surface area contributed by atoms with Crippen molar-refractivity contribution < 1.29 is 4.74 Å². The summed E-state index contributed by atoms with van der Waals surface area (Å²) in [6, 6.07) is 15.8. The second kappa shape index (κ2) is 6.34. The summed E-state index contributed by atoms with van der Waals surface area (Å²) in [6.45, 7) is 0.616. The number of nitrogen functional groups attached to an aromatic ring is 1. The molecule has 4 rings (SSSR count). The van der Waals surface area contributed by atoms with Crippen LogP contribution in [0.3, 0.4) is 0 Å². The lowest BCUT2D eigenvalue weighted by Crippen LogP contribution is -2.04. The van der Waals surface area contributed by atoms with Crippen molar-refractivity contribution in [1.82, 2.24) is 14.5 Å². The van der Waals surface area contributed by atoms with Crippen molar-refractivity contribution in [3.05, 3.63) is 58.0 Å². The Hall–Kier alpha value is -2.64. The fourth-order valence-corrected chi connectivity index (χ4v) is 3.98. The second-order valence-corrected chi connectivity index (χ2v) is 7.26. The molecule has 0 fully saturated rings. The number of imidazole rings is 1. The third-order valence-corrected chi connectivity index (χ3v) is 5.51. The van der Waals surface area contributed by atoms with E-state index in [4.69, 9.17) is 22.7 Å². The molecule has 7 heteroatoms. The zero-order valence-corrected chi connectivity index (χ0v) is 15.2. The number of nitrogens with zero attached hydrogens (tertiary/aromatic N) is 2. The molecule has 0 saturated heterocycles. The Morgan fingerprint density at radius 1 is 1.20 bits per heavy atom. The summed E-state index contributed by atoms with van der Waals surface area (Å²) in [5, 5.41) is 0. The van der Waals surface area contributed by atoms with Gasteiger partial charge in [0.05, 0.1) is 24.7 Å². The highest BCUT2D eigenvalue weighted by Crippen LogP contribution is 2.33. The standard InChI is InChI=1S/C18H16N4OS2/c1-23-12-8-6-11(7-9-12)10-22-16(19)15(25-18(22)24)17-20-13-4-2-3-5-14(13)21-17/h2-9H,10,19H2,1H3,(H,20,21). The van der Waals surface area contributed by atoms with Crippen LogP contribution in [0.15, 0.2) is 48.5 Å². The van der Waals surface area contributed by atoms with Crippen LogP contribution in [0, 0.1) is 3.95 Å². The van der Waals surface area contributed by atoms with Crippen molar-refractivity contribution in [2.24, 2.45) is 0 Å². The first-order valence-corrected chi connectivity index (χ1v) is 8.95. The van der Waals surface area contributed by atoms with Gasteiger partial charge in [-0.1, -0.05) is 35.6 Å². The molecule has 3 N–H and O–H groups in total. The highest BCUT2D eigenvalue weighted by atomic mass is 32.1. The van der Waals surface area contributed by atoms with Crippen LogP contribution < -0.4 is 10.5 Å². The molecule has 0 amide bonds. The number of aromatic amines is 1. The number of fused-ring (bicyclic) bond motifs is 1. The molecule has 5 nitrogen and oxygen atoms in total. The van der Waals surface area contributed by atoms with E-state index in [2.05, 4.69) is 9.97 Å². The molecule has 25 heavy (non-hydrogen) atoms. The van der Waals surface area contributed by atoms with Crippen molar-refractivity contribution >= 4 is 40.4 Å². The summed E-state index contributed by atoms with van der Waals surface area (Å²) in [5.41, 5.74) is 9.39. The average Bonchev–Trinajstić information content (AvgIpc) is 3.18. The molecule has 126 valence electrons. The number of aromatic nitrogens is 3. The zero-order valence-electron chi connectivity index (χ0n) is 13.5. The molecular formula is C18H16N4OS2. The van der Waals surface area contributed by atoms with Gasteiger partial charge in [-0.05, 0) is 42.0 Å². The van der Waals surface area contributed by atoms with E-state index in [9.17, 15) is 0 Å². The SMILES string of the molecule is COc1ccc(Cn2c(N)c(-c3nc4ccccc4[nH]3)sc2=S)cc1. The Kier molecular flexibility index (Phi) is 4.03. The van der Waals surface area contributed by atoms with Gasteiger partial charge in [-0.25, -0.2) is 4.98 Å². The summed E-state index contributed by atoms with van der Waals surface area (Å²) < 4.78 is 7.86. The number of nitrogens with two attached hydrogens (primary N) is 1. The van der Waals surface area contributed by atoms with Crippen LogP contribution >= 0.6 is 23.6 Å². The third-order valence-electron chi connectivity index (χ3n) is 4.04. The first kappa shape index (κ1) is 15.9. The topological polar surface area (TPSA) is 68.9 Å². The normalized spacial score (nSPS) is 11.1. The molecule has 2 aromatic heterocycles. The van der Waals surface area contributed by atoms with Crippen molar-refractivity contribution in [3.63, 3.8) is 0 Å². The number of methoxy groups -OCH3 is 1. The molecule has 0 bridgehead atoms. The molecule has 0 saturated carbocycles. The first-order valence-electron chi connectivity index (χ1n) is 7.73. The van der Waals surface area contributed by atoms with Crippen LogP contribution in [0.25, 0.3) is 21.7 Å². The van der Waals surface area contributed by atoms with Gasteiger partial charge in [0, 0.05) is 0 Å². The van der Waals surface area contributed by atoms with Gasteiger partial charge in [-0.3, -0.25) is 0 Å². The number of hydrogen-bond acceptors (Lipinski definition) is 5. The number of ether oxygens (including phenoxy) is 1. The molecule has 2 aromatic carbocycles. The van der Waals surface area contributed by atoms with Gasteiger partial charge < -0.3 is 20.0 Å². The van der Waals surface area contributed by atoms with Gasteiger partial charge in [0.1, 0.15) is 16.4 Å². The quantitative estimate of drug-likeness (QED) is 0.522. The van der Waals surface area contributed by atoms with Crippen LogP contribution in [0.4, 0.5) is 5.82 Å². The number of para-hydroxylation sites is 2. The number of hydrogen-bond donors (Lipinski definition) is 2. The Bertz CT molecular complexity index is 1060. The summed E-state index contributed by atoms with van der Waals surface area (Å²) >= 11 is 6.99. The van der Waals surface area contributed by atoms with E-state index in [0.717, 1.165) is 37.0 Å². The maximum Gasteiger partial charge on any atom is 0.163 e. The number of benzene rings is 2. The molecule has 4 aromatic rings. The minimum atomic E-state index is 0.616. The average molecular weight is 368 g/mol. The summed E-state index contributed by atoms with van der Waals surface area (Å²) in [7, 11) is 1.65. The van der Waals surface area contributed by atoms with Crippen molar-refractivity contribution in [3.8, 4) is 16.5 Å². The van der Waals surface area contributed by atoms with Gasteiger partial charge >= 0.3 is 0 Å². The van der Waals surface area contributed by atoms with E-state index in [0.29, 0.717) is 12.4 Å². The fraction of sp³-hybridized carbons (Fsp3) is 0.111. The second-order valence-electron chi connectivity index (χ2n) is 5.62. The third kappa shape index (κ3) is 2.92. The van der Waals surface area contributed by atoms with Crippen molar-refractivity contribution in [1.29, 1.82) is 0 Å². The molecule has 0 radical (unpaired) electrons. The van der Waals surface area contributed by atoms with Gasteiger partial charge in [-0.15, -0.1) is 0 Å². The van der Waals surface area contributed by atoms with Crippen LogP contribution in [-0.2, 0) is 6.54 Å². The molecule has 0 aliphatic heterocycles. The highest BCUT2D eigenvalue weighted by molar-refractivity contribution is 7.73. The minimum absolute atomic E-state index is 0.616. The van der Waals surface area contributed by atoms with E-state index in [1.54, 1.807) is 7.11 Å². The predicted molar refractivity (Wildman–Crippen MR) is 105 cm³/mol. The lowest BCUT2D eigenvalue weighted by molar-refractivity contribution is 0.414. The van der Waals surface area contributed by atoms with Crippen molar-refractivity contribution in [2.75, 3.05) is 12.8 Å². The molecule has 0 aliphatic carbocycles. The Balaban J connectivity index is 1.71. The molecule has 0 unspecified atom stereocenters. The maximum atomic E-state index is 6.38. The van der Waals surface area contributed by atoms with E-state index >= 15 is 0 Å². The fourth-order valence-electron chi connectivity index (χ4n) is 2.71. The largest absolute Gasteiger partial charge is 0.497 e. The summed E-state index contributed by atoms with van der Waals surface area (Å²) in [4.78, 5) is 8.81. The van der Waals surface area contributed by atoms with Gasteiger partial charge in [0.2, 0.25) is 0 Å². The minimum Gasteiger partial charge on any atom is -0.497 e. The first-order chi connectivity index (χ1) is 12.2. The zero-order chi connectivity index (χ0) is 17.4. The number of thiazole rings is 1. The molecular weight excluding hydrogens is 352 g/mol. The van der Waals surface area contributed by atoms with Crippen LogP contribution in [0.5, 0.6) is 5.75 Å². The smallest absolute Gasteiger partial charge is 0.163 e. The van der Waals surface area contributed by atoms with Gasteiger partial charge in [0.25, 0.3) is 0 Å². The summed E-state index contributed by atoms with van der Waals surface area (Å²) in [6.07, 6.45) is 0. The molecule has 0 atom stereocenters. The van der Waals surface area contributed by atoms with Crippen LogP contribution in [-0.4, -0.2) is 21.6 Å². The predicted octanol–water partition coefficient (Wildman–Crippen LogP) is 4.46. The Labute approximate surface area is 153 Å². The maximum absolute atomic E-state index is 6.38. The van der Waals surface area contributed by atoms with E-state index in [1.807, 2.05) is 53.1 Å². The van der Waals surface area contributed by atoms with Gasteiger partial charge in [0.15, 0.2) is 9.78 Å². The molecule has 0 aliphatic rings. The molecule has 2 heterocycles. The Morgan fingerprint density at radius 2 is 1.96 bits per heavy atom. The van der Waals surface area contributed by atoms with Crippen LogP contribution in [0.1, 0.15) is 5.56 Å². The number of nitrogens with one attached hydrogen (secondary N) is 1. The van der Waals surface area contributed by atoms with E-state index < -0.39 is 0 Å². The highest BCUT2D eigenvalue weighted by Gasteiger charge is 2.15. The number of anilines is 1. The number of rotatable bonds is 4. The number of H-pyrrole nitrogens is 1. The van der Waals surface area contributed by atoms with Crippen molar-refractivity contribution in [2.45, 2.75) is 6.54 Å². The lowest BCUT2D eigenvalue weighted by atomic mass is 10.2. The van der Waals surface area contributed by atoms with Gasteiger partial charge in [-0.2, -0.15) is 0 Å². The summed E-state index contributed by atoms with van der Waals surface area (Å²) in [5.74, 6) is 2.21. The lowest BCUT2D eigenvalue weighted by Gasteiger charge is -2.07. The Morgan fingerprint density at radius 3 is 2.68 bits per heavy atom. The van der Waals surface area contributed by atoms with E-state index in [-0.39, 0.29) is 0 Å². The van der Waals surface area contributed by atoms with Crippen LogP contribution in [0.2, 0.25) is 0 Å². The van der Waals surface area contributed by atoms with E-state index in [1.165, 1.54) is 11.3 Å².